The van der Waals surface area contributed by atoms with Crippen molar-refractivity contribution in [2.45, 2.75) is 0 Å². The van der Waals surface area contributed by atoms with Crippen LogP contribution in [0.2, 0.25) is 0 Å². The first kappa shape index (κ1) is 26.7. The number of halogens is 5. The SMILES string of the molecule is Cl.Nc1ncn(-c2ncc(F)cc2F)n1.O=C(Nc1ncn(-c2ncc(F)cc2F)n1)c1ccccc1. The monoisotopic (exact) mass is 534 g/mol. The van der Waals surface area contributed by atoms with E-state index in [0.29, 0.717) is 17.7 Å². The molecule has 0 saturated carbocycles. The second kappa shape index (κ2) is 11.7. The number of pyridine rings is 2. The molecule has 0 saturated heterocycles. The predicted molar refractivity (Wildman–Crippen MR) is 124 cm³/mol. The highest BCUT2D eigenvalue weighted by molar-refractivity contribution is 6.03. The summed E-state index contributed by atoms with van der Waals surface area (Å²) in [6.45, 7) is 0. The van der Waals surface area contributed by atoms with Crippen molar-refractivity contribution >= 4 is 30.2 Å². The summed E-state index contributed by atoms with van der Waals surface area (Å²) >= 11 is 0. The van der Waals surface area contributed by atoms with Gasteiger partial charge in [0.15, 0.2) is 23.3 Å². The molecular formula is C21H15ClF4N10O. The number of nitrogens with two attached hydrogens (primary N) is 1. The number of hydrogen-bond donors (Lipinski definition) is 2. The number of carbonyl (C=O) groups is 1. The van der Waals surface area contributed by atoms with E-state index in [1.54, 1.807) is 30.3 Å². The Morgan fingerprint density at radius 3 is 1.84 bits per heavy atom. The van der Waals surface area contributed by atoms with Gasteiger partial charge < -0.3 is 5.73 Å². The van der Waals surface area contributed by atoms with E-state index in [0.717, 1.165) is 21.8 Å². The Labute approximate surface area is 211 Å². The smallest absolute Gasteiger partial charge is 0.258 e. The van der Waals surface area contributed by atoms with Gasteiger partial charge in [0.1, 0.15) is 24.3 Å². The van der Waals surface area contributed by atoms with Gasteiger partial charge in [0.05, 0.1) is 12.4 Å². The highest BCUT2D eigenvalue weighted by atomic mass is 35.5. The molecule has 11 nitrogen and oxygen atoms in total. The van der Waals surface area contributed by atoms with Crippen LogP contribution in [0.5, 0.6) is 0 Å². The van der Waals surface area contributed by atoms with Crippen LogP contribution < -0.4 is 11.1 Å². The van der Waals surface area contributed by atoms with E-state index in [4.69, 9.17) is 5.73 Å². The van der Waals surface area contributed by atoms with E-state index in [1.807, 2.05) is 0 Å². The zero-order valence-electron chi connectivity index (χ0n) is 18.3. The minimum atomic E-state index is -0.883. The van der Waals surface area contributed by atoms with Gasteiger partial charge in [0.25, 0.3) is 5.91 Å². The fourth-order valence-corrected chi connectivity index (χ4v) is 2.72. The molecule has 190 valence electrons. The molecule has 3 N–H and O–H groups in total. The minimum Gasteiger partial charge on any atom is -0.366 e. The van der Waals surface area contributed by atoms with Crippen LogP contribution in [-0.2, 0) is 0 Å². The van der Waals surface area contributed by atoms with Gasteiger partial charge in [0, 0.05) is 17.7 Å². The van der Waals surface area contributed by atoms with Gasteiger partial charge in [-0.15, -0.1) is 22.6 Å². The van der Waals surface area contributed by atoms with Crippen LogP contribution in [0.15, 0.2) is 67.5 Å². The van der Waals surface area contributed by atoms with E-state index in [9.17, 15) is 22.4 Å². The van der Waals surface area contributed by atoms with Crippen LogP contribution >= 0.6 is 12.4 Å². The maximum atomic E-state index is 13.6. The van der Waals surface area contributed by atoms with Gasteiger partial charge in [0.2, 0.25) is 11.9 Å². The van der Waals surface area contributed by atoms with Crippen LogP contribution in [0.1, 0.15) is 10.4 Å². The van der Waals surface area contributed by atoms with Crippen LogP contribution in [0.25, 0.3) is 11.6 Å². The third-order valence-corrected chi connectivity index (χ3v) is 4.27. The number of nitrogens with one attached hydrogen (secondary N) is 1. The summed E-state index contributed by atoms with van der Waals surface area (Å²) in [5.74, 6) is -4.02. The fraction of sp³-hybridized carbons (Fsp3) is 0. The van der Waals surface area contributed by atoms with Gasteiger partial charge in [-0.25, -0.2) is 32.5 Å². The summed E-state index contributed by atoms with van der Waals surface area (Å²) in [4.78, 5) is 26.5. The number of anilines is 2. The highest BCUT2D eigenvalue weighted by Gasteiger charge is 2.13. The van der Waals surface area contributed by atoms with Gasteiger partial charge in [-0.1, -0.05) is 18.2 Å². The molecule has 4 heterocycles. The second-order valence-corrected chi connectivity index (χ2v) is 6.80. The average molecular weight is 535 g/mol. The van der Waals surface area contributed by atoms with Crippen LogP contribution in [-0.4, -0.2) is 45.4 Å². The fourth-order valence-electron chi connectivity index (χ4n) is 2.72. The van der Waals surface area contributed by atoms with Gasteiger partial charge in [-0.2, -0.15) is 14.3 Å². The van der Waals surface area contributed by atoms with E-state index in [1.165, 1.54) is 12.7 Å². The number of nitrogen functional groups attached to an aromatic ring is 1. The Balaban J connectivity index is 0.000000220. The molecule has 0 fully saturated rings. The molecule has 0 atom stereocenters. The average Bonchev–Trinajstić information content (AvgIpc) is 3.49. The van der Waals surface area contributed by atoms with Crippen molar-refractivity contribution in [1.29, 1.82) is 0 Å². The molecule has 0 aliphatic carbocycles. The lowest BCUT2D eigenvalue weighted by Crippen LogP contribution is -2.13. The van der Waals surface area contributed by atoms with Crippen molar-refractivity contribution in [3.63, 3.8) is 0 Å². The summed E-state index contributed by atoms with van der Waals surface area (Å²) in [5, 5.41) is 9.99. The van der Waals surface area contributed by atoms with E-state index < -0.39 is 29.2 Å². The maximum absolute atomic E-state index is 13.6. The van der Waals surface area contributed by atoms with Crippen LogP contribution in [0, 0.1) is 23.3 Å². The quantitative estimate of drug-likeness (QED) is 0.335. The third-order valence-electron chi connectivity index (χ3n) is 4.27. The molecular weight excluding hydrogens is 520 g/mol. The molecule has 0 unspecified atom stereocenters. The van der Waals surface area contributed by atoms with Crippen molar-refractivity contribution in [2.24, 2.45) is 0 Å². The maximum Gasteiger partial charge on any atom is 0.258 e. The lowest BCUT2D eigenvalue weighted by atomic mass is 10.2. The normalized spacial score (nSPS) is 10.2. The molecule has 1 aromatic carbocycles. The van der Waals surface area contributed by atoms with Gasteiger partial charge in [-0.3, -0.25) is 10.1 Å². The number of amides is 1. The molecule has 5 aromatic rings. The molecule has 0 aliphatic heterocycles. The van der Waals surface area contributed by atoms with Crippen molar-refractivity contribution in [2.75, 3.05) is 11.1 Å². The molecule has 0 aliphatic rings. The number of rotatable bonds is 4. The molecule has 5 rings (SSSR count). The molecule has 37 heavy (non-hydrogen) atoms. The molecule has 0 radical (unpaired) electrons. The minimum absolute atomic E-state index is 0. The highest BCUT2D eigenvalue weighted by Crippen LogP contribution is 2.12. The van der Waals surface area contributed by atoms with Gasteiger partial charge in [-0.05, 0) is 12.1 Å². The lowest BCUT2D eigenvalue weighted by Gasteiger charge is -2.01. The van der Waals surface area contributed by atoms with Gasteiger partial charge >= 0.3 is 0 Å². The van der Waals surface area contributed by atoms with Crippen LogP contribution in [0.4, 0.5) is 29.5 Å². The Morgan fingerprint density at radius 1 is 0.784 bits per heavy atom. The number of aromatic nitrogens is 8. The Kier molecular flexibility index (Phi) is 8.42. The summed E-state index contributed by atoms with van der Waals surface area (Å²) in [6.07, 6.45) is 4.11. The van der Waals surface area contributed by atoms with E-state index in [2.05, 4.69) is 35.5 Å². The molecule has 16 heteroatoms. The summed E-state index contributed by atoms with van der Waals surface area (Å²) in [6, 6.07) is 9.89. The predicted octanol–water partition coefficient (Wildman–Crippen LogP) is 3.14. The van der Waals surface area contributed by atoms with E-state index in [-0.39, 0.29) is 35.9 Å². The standard InChI is InChI=1S/C14H9F2N5O.C7H5F2N5.ClH/c15-10-6-11(16)12(17-7-10)21-8-18-14(20-21)19-13(22)9-4-2-1-3-5-9;8-4-1-5(9)6(11-2-4)14-3-12-7(10)13-14;/h1-8H,(H,19,20,22);1-3H,(H2,10,13);1H. The Hall–Kier alpha value is -4.92. The van der Waals surface area contributed by atoms with Crippen LogP contribution in [0.3, 0.4) is 0 Å². The third kappa shape index (κ3) is 6.61. The Bertz CT molecular complexity index is 1510. The summed E-state index contributed by atoms with van der Waals surface area (Å²) in [5.41, 5.74) is 5.66. The topological polar surface area (TPSA) is 142 Å². The largest absolute Gasteiger partial charge is 0.366 e. The van der Waals surface area contributed by atoms with Crippen molar-refractivity contribution in [1.82, 2.24) is 39.5 Å². The van der Waals surface area contributed by atoms with Crippen molar-refractivity contribution in [3.8, 4) is 11.6 Å². The van der Waals surface area contributed by atoms with Crippen molar-refractivity contribution in [3.05, 3.63) is 96.3 Å². The number of benzene rings is 1. The zero-order valence-corrected chi connectivity index (χ0v) is 19.2. The summed E-state index contributed by atoms with van der Waals surface area (Å²) in [7, 11) is 0. The molecule has 4 aromatic heterocycles. The first-order chi connectivity index (χ1) is 17.3. The number of nitrogens with zero attached hydrogens (tertiary/aromatic N) is 8. The first-order valence-corrected chi connectivity index (χ1v) is 9.88. The Morgan fingerprint density at radius 2 is 1.32 bits per heavy atom. The van der Waals surface area contributed by atoms with E-state index >= 15 is 0 Å². The second-order valence-electron chi connectivity index (χ2n) is 6.80. The number of hydrogen-bond acceptors (Lipinski definition) is 8. The molecule has 0 spiro atoms. The zero-order chi connectivity index (χ0) is 25.7. The first-order valence-electron chi connectivity index (χ1n) is 9.88. The summed E-state index contributed by atoms with van der Waals surface area (Å²) < 4.78 is 54.1. The molecule has 0 bridgehead atoms. The molecule has 1 amide bonds. The number of carbonyl (C=O) groups excluding carboxylic acids is 1. The van der Waals surface area contributed by atoms with Crippen molar-refractivity contribution < 1.29 is 22.4 Å². The lowest BCUT2D eigenvalue weighted by molar-refractivity contribution is 0.102.